The van der Waals surface area contributed by atoms with Gasteiger partial charge in [0, 0.05) is 34.7 Å². The molecule has 0 bridgehead atoms. The van der Waals surface area contributed by atoms with E-state index in [1.807, 2.05) is 17.0 Å². The van der Waals surface area contributed by atoms with E-state index in [0.29, 0.717) is 12.6 Å². The molecule has 1 amide bonds. The molecule has 0 atom stereocenters. The van der Waals surface area contributed by atoms with Crippen LogP contribution in [0.5, 0.6) is 0 Å². The summed E-state index contributed by atoms with van der Waals surface area (Å²) in [5.41, 5.74) is 5.59. The van der Waals surface area contributed by atoms with Crippen LogP contribution in [0.25, 0.3) is 10.9 Å². The topological polar surface area (TPSA) is 36.1 Å². The van der Waals surface area contributed by atoms with Crippen molar-refractivity contribution in [1.82, 2.24) is 9.88 Å². The van der Waals surface area contributed by atoms with E-state index in [4.69, 9.17) is 0 Å². The Morgan fingerprint density at radius 3 is 2.63 bits per heavy atom. The molecule has 138 valence electrons. The van der Waals surface area contributed by atoms with Gasteiger partial charge in [0.1, 0.15) is 5.82 Å². The van der Waals surface area contributed by atoms with E-state index in [2.05, 4.69) is 11.1 Å². The number of carbonyl (C=O) groups excluding carboxylic acids is 1. The van der Waals surface area contributed by atoms with Crippen LogP contribution in [0, 0.1) is 5.82 Å². The molecule has 4 heteroatoms. The molecule has 1 fully saturated rings. The summed E-state index contributed by atoms with van der Waals surface area (Å²) >= 11 is 0. The third-order valence-electron chi connectivity index (χ3n) is 5.86. The Bertz CT molecular complexity index is 1000. The van der Waals surface area contributed by atoms with Crippen molar-refractivity contribution < 1.29 is 9.18 Å². The van der Waals surface area contributed by atoms with Gasteiger partial charge in [0.05, 0.1) is 0 Å². The Labute approximate surface area is 158 Å². The summed E-state index contributed by atoms with van der Waals surface area (Å²) in [5.74, 6) is -0.166. The van der Waals surface area contributed by atoms with Crippen LogP contribution in [0.3, 0.4) is 0 Å². The second kappa shape index (κ2) is 6.52. The molecule has 27 heavy (non-hydrogen) atoms. The smallest absolute Gasteiger partial charge is 0.254 e. The molecule has 0 radical (unpaired) electrons. The number of nitrogens with one attached hydrogen (secondary N) is 1. The van der Waals surface area contributed by atoms with Gasteiger partial charge >= 0.3 is 0 Å². The van der Waals surface area contributed by atoms with Crippen molar-refractivity contribution >= 4 is 16.8 Å². The number of aromatic amines is 1. The highest BCUT2D eigenvalue weighted by molar-refractivity contribution is 5.99. The molecular weight excluding hydrogens is 339 g/mol. The SMILES string of the molecule is O=C(c1ccc2[nH]c3c(c2c1)CCCC3)N(Cc1ccc(F)cc1)C1CC1. The molecule has 2 aliphatic carbocycles. The average molecular weight is 362 g/mol. The van der Waals surface area contributed by atoms with Crippen molar-refractivity contribution in [2.75, 3.05) is 0 Å². The molecular formula is C23H23FN2O. The molecule has 1 aromatic heterocycles. The van der Waals surface area contributed by atoms with Gasteiger partial charge in [-0.2, -0.15) is 0 Å². The number of halogens is 1. The van der Waals surface area contributed by atoms with Crippen LogP contribution in [0.4, 0.5) is 4.39 Å². The third-order valence-corrected chi connectivity index (χ3v) is 5.86. The summed E-state index contributed by atoms with van der Waals surface area (Å²) in [6.45, 7) is 0.535. The summed E-state index contributed by atoms with van der Waals surface area (Å²) in [7, 11) is 0. The van der Waals surface area contributed by atoms with Crippen LogP contribution in [-0.4, -0.2) is 21.8 Å². The molecule has 3 nitrogen and oxygen atoms in total. The van der Waals surface area contributed by atoms with Gasteiger partial charge in [-0.15, -0.1) is 0 Å². The highest BCUT2D eigenvalue weighted by Crippen LogP contribution is 2.33. The first-order valence-corrected chi connectivity index (χ1v) is 9.88. The Morgan fingerprint density at radius 2 is 1.85 bits per heavy atom. The van der Waals surface area contributed by atoms with Crippen LogP contribution in [0.2, 0.25) is 0 Å². The van der Waals surface area contributed by atoms with Gasteiger partial charge in [-0.1, -0.05) is 12.1 Å². The predicted octanol–water partition coefficient (Wildman–Crippen LogP) is 4.99. The Kier molecular flexibility index (Phi) is 4.00. The standard InChI is InChI=1S/C23H23FN2O/c24-17-8-5-15(6-9-17)14-26(18-10-11-18)23(27)16-7-12-22-20(13-16)19-3-1-2-4-21(19)25-22/h5-9,12-13,18,25H,1-4,10-11,14H2. The minimum absolute atomic E-state index is 0.0782. The number of aryl methyl sites for hydroxylation is 2. The normalized spacial score (nSPS) is 16.3. The van der Waals surface area contributed by atoms with Crippen LogP contribution < -0.4 is 0 Å². The van der Waals surface area contributed by atoms with Gasteiger partial charge in [0.25, 0.3) is 5.91 Å². The molecule has 3 aromatic rings. The highest BCUT2D eigenvalue weighted by Gasteiger charge is 2.33. The number of H-pyrrole nitrogens is 1. The lowest BCUT2D eigenvalue weighted by atomic mass is 9.95. The second-order valence-electron chi connectivity index (χ2n) is 7.84. The highest BCUT2D eigenvalue weighted by atomic mass is 19.1. The lowest BCUT2D eigenvalue weighted by Crippen LogP contribution is -2.32. The van der Waals surface area contributed by atoms with Crippen LogP contribution in [0.1, 0.15) is 52.9 Å². The fourth-order valence-electron chi connectivity index (χ4n) is 4.24. The van der Waals surface area contributed by atoms with Crippen LogP contribution >= 0.6 is 0 Å². The van der Waals surface area contributed by atoms with E-state index in [1.165, 1.54) is 41.6 Å². The maximum atomic E-state index is 13.3. The molecule has 0 unspecified atom stereocenters. The number of aromatic nitrogens is 1. The van der Waals surface area contributed by atoms with E-state index in [-0.39, 0.29) is 11.7 Å². The van der Waals surface area contributed by atoms with E-state index >= 15 is 0 Å². The maximum absolute atomic E-state index is 13.3. The number of amides is 1. The van der Waals surface area contributed by atoms with E-state index in [9.17, 15) is 9.18 Å². The van der Waals surface area contributed by atoms with Crippen LogP contribution in [-0.2, 0) is 19.4 Å². The predicted molar refractivity (Wildman–Crippen MR) is 104 cm³/mol. The number of fused-ring (bicyclic) bond motifs is 3. The molecule has 2 aliphatic rings. The van der Waals surface area contributed by atoms with Gasteiger partial charge < -0.3 is 9.88 Å². The Balaban J connectivity index is 1.46. The molecule has 1 heterocycles. The molecule has 1 saturated carbocycles. The summed E-state index contributed by atoms with van der Waals surface area (Å²) < 4.78 is 13.2. The van der Waals surface area contributed by atoms with E-state index < -0.39 is 0 Å². The first-order valence-electron chi connectivity index (χ1n) is 9.88. The van der Waals surface area contributed by atoms with Gasteiger partial charge in [-0.3, -0.25) is 4.79 Å². The molecule has 0 saturated heterocycles. The fourth-order valence-corrected chi connectivity index (χ4v) is 4.24. The monoisotopic (exact) mass is 362 g/mol. The lowest BCUT2D eigenvalue weighted by Gasteiger charge is -2.23. The summed E-state index contributed by atoms with van der Waals surface area (Å²) in [6.07, 6.45) is 6.75. The number of nitrogens with zero attached hydrogens (tertiary/aromatic N) is 1. The fraction of sp³-hybridized carbons (Fsp3) is 0.348. The lowest BCUT2D eigenvalue weighted by molar-refractivity contribution is 0.0730. The summed E-state index contributed by atoms with van der Waals surface area (Å²) in [5, 5.41) is 1.20. The number of rotatable bonds is 4. The summed E-state index contributed by atoms with van der Waals surface area (Å²) in [4.78, 5) is 18.8. The van der Waals surface area contributed by atoms with Gasteiger partial charge in [-0.05, 0) is 80.0 Å². The van der Waals surface area contributed by atoms with Crippen molar-refractivity contribution in [2.45, 2.75) is 51.1 Å². The molecule has 5 rings (SSSR count). The maximum Gasteiger partial charge on any atom is 0.254 e. The van der Waals surface area contributed by atoms with Crippen LogP contribution in [0.15, 0.2) is 42.5 Å². The van der Waals surface area contributed by atoms with Crippen molar-refractivity contribution in [3.63, 3.8) is 0 Å². The zero-order chi connectivity index (χ0) is 18.4. The van der Waals surface area contributed by atoms with Gasteiger partial charge in [0.15, 0.2) is 0 Å². The average Bonchev–Trinajstić information content (AvgIpc) is 3.47. The zero-order valence-corrected chi connectivity index (χ0v) is 15.3. The summed E-state index contributed by atoms with van der Waals surface area (Å²) in [6, 6.07) is 12.8. The third kappa shape index (κ3) is 3.14. The first kappa shape index (κ1) is 16.5. The van der Waals surface area contributed by atoms with Crippen molar-refractivity contribution in [1.29, 1.82) is 0 Å². The number of carbonyl (C=O) groups is 1. The van der Waals surface area contributed by atoms with Crippen molar-refractivity contribution in [3.05, 3.63) is 70.7 Å². The number of hydrogen-bond donors (Lipinski definition) is 1. The molecule has 2 aromatic carbocycles. The number of hydrogen-bond acceptors (Lipinski definition) is 1. The number of benzene rings is 2. The van der Waals surface area contributed by atoms with E-state index in [0.717, 1.165) is 42.3 Å². The molecule has 1 N–H and O–H groups in total. The van der Waals surface area contributed by atoms with Gasteiger partial charge in [-0.25, -0.2) is 4.39 Å². The van der Waals surface area contributed by atoms with Gasteiger partial charge in [0.2, 0.25) is 0 Å². The zero-order valence-electron chi connectivity index (χ0n) is 15.3. The first-order chi connectivity index (χ1) is 13.2. The Hall–Kier alpha value is -2.62. The van der Waals surface area contributed by atoms with Crippen molar-refractivity contribution in [3.8, 4) is 0 Å². The minimum Gasteiger partial charge on any atom is -0.358 e. The Morgan fingerprint density at radius 1 is 1.07 bits per heavy atom. The molecule has 0 spiro atoms. The van der Waals surface area contributed by atoms with Crippen molar-refractivity contribution in [2.24, 2.45) is 0 Å². The molecule has 0 aliphatic heterocycles. The largest absolute Gasteiger partial charge is 0.358 e. The quantitative estimate of drug-likeness (QED) is 0.697. The van der Waals surface area contributed by atoms with E-state index in [1.54, 1.807) is 12.1 Å². The second-order valence-corrected chi connectivity index (χ2v) is 7.84. The minimum atomic E-state index is -0.245.